The normalized spacial score (nSPS) is 12.2. The van der Waals surface area contributed by atoms with Crippen molar-refractivity contribution in [3.63, 3.8) is 0 Å². The van der Waals surface area contributed by atoms with Crippen LogP contribution in [0, 0.1) is 0 Å². The van der Waals surface area contributed by atoms with Gasteiger partial charge in [0.1, 0.15) is 6.61 Å². The Hall–Kier alpha value is -1.39. The van der Waals surface area contributed by atoms with E-state index in [-0.39, 0.29) is 6.04 Å². The average Bonchev–Trinajstić information content (AvgIpc) is 2.38. The van der Waals surface area contributed by atoms with Gasteiger partial charge in [0.15, 0.2) is 0 Å². The summed E-state index contributed by atoms with van der Waals surface area (Å²) >= 11 is 3.40. The summed E-state index contributed by atoms with van der Waals surface area (Å²) in [5, 5.41) is 0. The monoisotopic (exact) mass is 306 g/mol. The number of nitrogens with two attached hydrogens (primary N) is 1. The molecule has 1 aromatic carbocycles. The molecule has 0 aliphatic rings. The largest absolute Gasteiger partial charge is 0.473 e. The van der Waals surface area contributed by atoms with Crippen LogP contribution in [0.3, 0.4) is 0 Å². The summed E-state index contributed by atoms with van der Waals surface area (Å²) in [6.45, 7) is 2.44. The molecular formula is C14H15BrN2O. The molecule has 2 aromatic rings. The quantitative estimate of drug-likeness (QED) is 0.941. The van der Waals surface area contributed by atoms with Gasteiger partial charge in [-0.3, -0.25) is 0 Å². The molecule has 0 spiro atoms. The molecule has 1 heterocycles. The molecule has 4 heteroatoms. The van der Waals surface area contributed by atoms with Gasteiger partial charge in [-0.1, -0.05) is 28.1 Å². The van der Waals surface area contributed by atoms with E-state index in [1.807, 2.05) is 43.3 Å². The predicted octanol–water partition coefficient (Wildman–Crippen LogP) is 3.44. The average molecular weight is 307 g/mol. The molecule has 0 fully saturated rings. The van der Waals surface area contributed by atoms with Gasteiger partial charge >= 0.3 is 0 Å². The van der Waals surface area contributed by atoms with Gasteiger partial charge in [0.25, 0.3) is 0 Å². The van der Waals surface area contributed by atoms with E-state index in [1.54, 1.807) is 6.20 Å². The molecule has 2 N–H and O–H groups in total. The van der Waals surface area contributed by atoms with Crippen molar-refractivity contribution in [2.24, 2.45) is 5.73 Å². The Balaban J connectivity index is 2.01. The number of nitrogens with zero attached hydrogens (tertiary/aromatic N) is 1. The van der Waals surface area contributed by atoms with E-state index in [0.717, 1.165) is 15.6 Å². The summed E-state index contributed by atoms with van der Waals surface area (Å²) in [4.78, 5) is 4.17. The molecule has 1 aromatic heterocycles. The lowest BCUT2D eigenvalue weighted by Crippen LogP contribution is -2.06. The molecule has 2 rings (SSSR count). The number of rotatable bonds is 4. The van der Waals surface area contributed by atoms with E-state index >= 15 is 0 Å². The first-order valence-electron chi connectivity index (χ1n) is 5.74. The summed E-state index contributed by atoms with van der Waals surface area (Å²) in [7, 11) is 0. The van der Waals surface area contributed by atoms with Crippen LogP contribution in [-0.2, 0) is 6.61 Å². The van der Waals surface area contributed by atoms with E-state index in [0.29, 0.717) is 12.5 Å². The Labute approximate surface area is 115 Å². The van der Waals surface area contributed by atoms with Crippen LogP contribution >= 0.6 is 15.9 Å². The standard InChI is InChI=1S/C14H15BrN2O/c1-10(16)12-6-7-17-14(8-12)18-9-11-2-4-13(15)5-3-11/h2-8,10H,9,16H2,1H3. The summed E-state index contributed by atoms with van der Waals surface area (Å²) in [5.41, 5.74) is 7.94. The lowest BCUT2D eigenvalue weighted by Gasteiger charge is -2.09. The SMILES string of the molecule is CC(N)c1ccnc(OCc2ccc(Br)cc2)c1. The Morgan fingerprint density at radius 1 is 1.28 bits per heavy atom. The molecule has 1 unspecified atom stereocenters. The second-order valence-corrected chi connectivity index (χ2v) is 5.05. The smallest absolute Gasteiger partial charge is 0.213 e. The Morgan fingerprint density at radius 2 is 2.00 bits per heavy atom. The van der Waals surface area contributed by atoms with Crippen molar-refractivity contribution in [1.29, 1.82) is 0 Å². The molecule has 0 saturated heterocycles. The van der Waals surface area contributed by atoms with Crippen LogP contribution in [0.4, 0.5) is 0 Å². The molecule has 0 bridgehead atoms. The minimum atomic E-state index is -0.0111. The number of halogens is 1. The van der Waals surface area contributed by atoms with Crippen LogP contribution in [0.2, 0.25) is 0 Å². The molecular weight excluding hydrogens is 292 g/mol. The van der Waals surface area contributed by atoms with Crippen LogP contribution in [0.25, 0.3) is 0 Å². The molecule has 0 aliphatic carbocycles. The maximum atomic E-state index is 5.82. The molecule has 0 radical (unpaired) electrons. The minimum absolute atomic E-state index is 0.0111. The van der Waals surface area contributed by atoms with E-state index < -0.39 is 0 Å². The highest BCUT2D eigenvalue weighted by molar-refractivity contribution is 9.10. The van der Waals surface area contributed by atoms with E-state index in [2.05, 4.69) is 20.9 Å². The van der Waals surface area contributed by atoms with Crippen molar-refractivity contribution in [1.82, 2.24) is 4.98 Å². The number of hydrogen-bond acceptors (Lipinski definition) is 3. The third-order valence-corrected chi connectivity index (χ3v) is 3.11. The third-order valence-electron chi connectivity index (χ3n) is 2.58. The van der Waals surface area contributed by atoms with Crippen molar-refractivity contribution < 1.29 is 4.74 Å². The second kappa shape index (κ2) is 5.98. The number of aromatic nitrogens is 1. The molecule has 18 heavy (non-hydrogen) atoms. The third kappa shape index (κ3) is 3.55. The molecule has 3 nitrogen and oxygen atoms in total. The van der Waals surface area contributed by atoms with Crippen LogP contribution in [-0.4, -0.2) is 4.98 Å². The van der Waals surface area contributed by atoms with Crippen LogP contribution in [0.15, 0.2) is 47.1 Å². The van der Waals surface area contributed by atoms with Gasteiger partial charge in [0.05, 0.1) is 0 Å². The van der Waals surface area contributed by atoms with Crippen LogP contribution < -0.4 is 10.5 Å². The molecule has 1 atom stereocenters. The second-order valence-electron chi connectivity index (χ2n) is 4.13. The first kappa shape index (κ1) is 13.1. The summed E-state index contributed by atoms with van der Waals surface area (Å²) < 4.78 is 6.70. The molecule has 0 saturated carbocycles. The van der Waals surface area contributed by atoms with E-state index in [1.165, 1.54) is 0 Å². The summed E-state index contributed by atoms with van der Waals surface area (Å²) in [6, 6.07) is 11.8. The van der Waals surface area contributed by atoms with E-state index in [4.69, 9.17) is 10.5 Å². The lowest BCUT2D eigenvalue weighted by atomic mass is 10.1. The predicted molar refractivity (Wildman–Crippen MR) is 75.3 cm³/mol. The fourth-order valence-corrected chi connectivity index (χ4v) is 1.79. The fraction of sp³-hybridized carbons (Fsp3) is 0.214. The number of pyridine rings is 1. The topological polar surface area (TPSA) is 48.1 Å². The first-order valence-corrected chi connectivity index (χ1v) is 6.53. The number of hydrogen-bond donors (Lipinski definition) is 1. The van der Waals surface area contributed by atoms with Crippen molar-refractivity contribution in [2.45, 2.75) is 19.6 Å². The zero-order valence-corrected chi connectivity index (χ0v) is 11.7. The Kier molecular flexibility index (Phi) is 4.33. The van der Waals surface area contributed by atoms with Gasteiger partial charge in [-0.15, -0.1) is 0 Å². The highest BCUT2D eigenvalue weighted by Crippen LogP contribution is 2.16. The maximum absolute atomic E-state index is 5.82. The zero-order chi connectivity index (χ0) is 13.0. The van der Waals surface area contributed by atoms with Gasteiger partial charge in [-0.05, 0) is 36.2 Å². The molecule has 0 amide bonds. The van der Waals surface area contributed by atoms with Gasteiger partial charge < -0.3 is 10.5 Å². The van der Waals surface area contributed by atoms with Crippen molar-refractivity contribution in [2.75, 3.05) is 0 Å². The fourth-order valence-electron chi connectivity index (χ4n) is 1.52. The molecule has 0 aliphatic heterocycles. The zero-order valence-electron chi connectivity index (χ0n) is 10.1. The number of ether oxygens (including phenoxy) is 1. The van der Waals surface area contributed by atoms with Gasteiger partial charge in [0, 0.05) is 22.8 Å². The van der Waals surface area contributed by atoms with Crippen molar-refractivity contribution >= 4 is 15.9 Å². The van der Waals surface area contributed by atoms with E-state index in [9.17, 15) is 0 Å². The van der Waals surface area contributed by atoms with Crippen molar-refractivity contribution in [3.8, 4) is 5.88 Å². The van der Waals surface area contributed by atoms with Crippen molar-refractivity contribution in [3.05, 3.63) is 58.2 Å². The lowest BCUT2D eigenvalue weighted by molar-refractivity contribution is 0.293. The van der Waals surface area contributed by atoms with Gasteiger partial charge in [-0.25, -0.2) is 4.98 Å². The van der Waals surface area contributed by atoms with Gasteiger partial charge in [-0.2, -0.15) is 0 Å². The number of benzene rings is 1. The molecule has 94 valence electrons. The summed E-state index contributed by atoms with van der Waals surface area (Å²) in [5.74, 6) is 0.604. The van der Waals surface area contributed by atoms with Crippen LogP contribution in [0.5, 0.6) is 5.88 Å². The highest BCUT2D eigenvalue weighted by atomic mass is 79.9. The maximum Gasteiger partial charge on any atom is 0.213 e. The summed E-state index contributed by atoms with van der Waals surface area (Å²) in [6.07, 6.45) is 1.72. The Morgan fingerprint density at radius 3 is 2.67 bits per heavy atom. The highest BCUT2D eigenvalue weighted by Gasteiger charge is 2.02. The minimum Gasteiger partial charge on any atom is -0.473 e. The van der Waals surface area contributed by atoms with Crippen LogP contribution in [0.1, 0.15) is 24.1 Å². The Bertz CT molecular complexity index is 511. The van der Waals surface area contributed by atoms with Gasteiger partial charge in [0.2, 0.25) is 5.88 Å². The first-order chi connectivity index (χ1) is 8.65.